The molecule has 1 heterocycles. The first-order chi connectivity index (χ1) is 11.7. The predicted molar refractivity (Wildman–Crippen MR) is 96.3 cm³/mol. The molecule has 1 aromatic carbocycles. The summed E-state index contributed by atoms with van der Waals surface area (Å²) >= 11 is 0. The van der Waals surface area contributed by atoms with Crippen LogP contribution in [0.4, 0.5) is 4.79 Å². The molecule has 0 fully saturated rings. The standard InChI is InChI=1S/C19H26N2O4/c1-5-15(22)12-21(18(24)25-19(2,3)4)11-14-9-8-13-7-6-10-20-16(13)17(14)23/h6-10,15,22-23H,5,11-12H2,1-4H3. The van der Waals surface area contributed by atoms with E-state index in [9.17, 15) is 15.0 Å². The Bertz CT molecular complexity index is 740. The van der Waals surface area contributed by atoms with Gasteiger partial charge in [0.25, 0.3) is 0 Å². The first kappa shape index (κ1) is 19.0. The van der Waals surface area contributed by atoms with Crippen LogP contribution in [0.5, 0.6) is 5.75 Å². The Balaban J connectivity index is 2.29. The zero-order valence-corrected chi connectivity index (χ0v) is 15.2. The van der Waals surface area contributed by atoms with Crippen LogP contribution in [0.3, 0.4) is 0 Å². The number of carbonyl (C=O) groups excluding carboxylic acids is 1. The smallest absolute Gasteiger partial charge is 0.410 e. The third-order valence-corrected chi connectivity index (χ3v) is 3.75. The fourth-order valence-corrected chi connectivity index (χ4v) is 2.42. The minimum atomic E-state index is -0.659. The molecule has 1 atom stereocenters. The lowest BCUT2D eigenvalue weighted by Crippen LogP contribution is -2.40. The van der Waals surface area contributed by atoms with Crippen LogP contribution < -0.4 is 0 Å². The van der Waals surface area contributed by atoms with Gasteiger partial charge in [0.2, 0.25) is 0 Å². The van der Waals surface area contributed by atoms with Crippen molar-refractivity contribution >= 4 is 17.0 Å². The highest BCUT2D eigenvalue weighted by Crippen LogP contribution is 2.28. The number of rotatable bonds is 5. The normalized spacial score (nSPS) is 12.8. The number of hydrogen-bond acceptors (Lipinski definition) is 5. The van der Waals surface area contributed by atoms with Gasteiger partial charge in [0.1, 0.15) is 16.9 Å². The summed E-state index contributed by atoms with van der Waals surface area (Å²) in [6.45, 7) is 7.47. The SMILES string of the molecule is CCC(O)CN(Cc1ccc2cccnc2c1O)C(=O)OC(C)(C)C. The van der Waals surface area contributed by atoms with Gasteiger partial charge in [-0.3, -0.25) is 4.98 Å². The Morgan fingerprint density at radius 1 is 1.32 bits per heavy atom. The number of aliphatic hydroxyl groups is 1. The van der Waals surface area contributed by atoms with E-state index in [1.54, 1.807) is 39.1 Å². The van der Waals surface area contributed by atoms with Crippen LogP contribution in [-0.4, -0.2) is 44.4 Å². The number of benzene rings is 1. The number of phenols is 1. The molecule has 1 amide bonds. The molecule has 6 nitrogen and oxygen atoms in total. The Labute approximate surface area is 148 Å². The summed E-state index contributed by atoms with van der Waals surface area (Å²) in [5.41, 5.74) is 0.403. The third kappa shape index (κ3) is 5.06. The molecular weight excluding hydrogens is 320 g/mol. The van der Waals surface area contributed by atoms with Gasteiger partial charge < -0.3 is 19.8 Å². The summed E-state index contributed by atoms with van der Waals surface area (Å²) < 4.78 is 5.42. The Morgan fingerprint density at radius 3 is 2.68 bits per heavy atom. The quantitative estimate of drug-likeness (QED) is 0.866. The number of amides is 1. The molecule has 2 N–H and O–H groups in total. The van der Waals surface area contributed by atoms with E-state index in [0.29, 0.717) is 17.5 Å². The molecule has 6 heteroatoms. The van der Waals surface area contributed by atoms with Crippen molar-refractivity contribution in [1.82, 2.24) is 9.88 Å². The zero-order chi connectivity index (χ0) is 18.6. The van der Waals surface area contributed by atoms with Gasteiger partial charge in [0, 0.05) is 17.1 Å². The number of aromatic hydroxyl groups is 1. The highest BCUT2D eigenvalue weighted by Gasteiger charge is 2.25. The lowest BCUT2D eigenvalue weighted by Gasteiger charge is -2.29. The summed E-state index contributed by atoms with van der Waals surface area (Å²) in [4.78, 5) is 18.1. The summed E-state index contributed by atoms with van der Waals surface area (Å²) in [6.07, 6.45) is 0.942. The van der Waals surface area contributed by atoms with Crippen molar-refractivity contribution in [2.45, 2.75) is 52.4 Å². The molecule has 25 heavy (non-hydrogen) atoms. The van der Waals surface area contributed by atoms with Crippen LogP contribution >= 0.6 is 0 Å². The molecule has 0 bridgehead atoms. The molecule has 0 saturated carbocycles. The van der Waals surface area contributed by atoms with E-state index in [0.717, 1.165) is 5.39 Å². The molecule has 0 radical (unpaired) electrons. The van der Waals surface area contributed by atoms with Crippen LogP contribution in [0.2, 0.25) is 0 Å². The minimum Gasteiger partial charge on any atom is -0.505 e. The zero-order valence-electron chi connectivity index (χ0n) is 15.2. The van der Waals surface area contributed by atoms with Crippen LogP contribution in [-0.2, 0) is 11.3 Å². The number of nitrogens with zero attached hydrogens (tertiary/aromatic N) is 2. The number of carbonyl (C=O) groups is 1. The van der Waals surface area contributed by atoms with Crippen molar-refractivity contribution in [1.29, 1.82) is 0 Å². The summed E-state index contributed by atoms with van der Waals surface area (Å²) in [6, 6.07) is 7.26. The Morgan fingerprint density at radius 2 is 2.04 bits per heavy atom. The first-order valence-electron chi connectivity index (χ1n) is 8.43. The lowest BCUT2D eigenvalue weighted by atomic mass is 10.1. The average molecular weight is 346 g/mol. The maximum Gasteiger partial charge on any atom is 0.410 e. The molecule has 0 aliphatic rings. The Kier molecular flexibility index (Phi) is 5.85. The van der Waals surface area contributed by atoms with Gasteiger partial charge in [-0.15, -0.1) is 0 Å². The third-order valence-electron chi connectivity index (χ3n) is 3.75. The fraction of sp³-hybridized carbons (Fsp3) is 0.474. The number of aliphatic hydroxyl groups excluding tert-OH is 1. The van der Waals surface area contributed by atoms with Crippen molar-refractivity contribution in [3.63, 3.8) is 0 Å². The first-order valence-corrected chi connectivity index (χ1v) is 8.43. The second-order valence-corrected chi connectivity index (χ2v) is 7.07. The van der Waals surface area contributed by atoms with Crippen molar-refractivity contribution in [3.05, 3.63) is 36.0 Å². The van der Waals surface area contributed by atoms with Gasteiger partial charge in [-0.1, -0.05) is 25.1 Å². The van der Waals surface area contributed by atoms with Crippen molar-refractivity contribution in [3.8, 4) is 5.75 Å². The molecule has 2 aromatic rings. The molecule has 0 aliphatic carbocycles. The maximum absolute atomic E-state index is 12.5. The lowest BCUT2D eigenvalue weighted by molar-refractivity contribution is 0.0122. The molecule has 136 valence electrons. The van der Waals surface area contributed by atoms with Crippen LogP contribution in [0.1, 0.15) is 39.7 Å². The van der Waals surface area contributed by atoms with E-state index < -0.39 is 17.8 Å². The second kappa shape index (κ2) is 7.70. The van der Waals surface area contributed by atoms with Gasteiger partial charge in [0.05, 0.1) is 19.2 Å². The topological polar surface area (TPSA) is 82.9 Å². The summed E-state index contributed by atoms with van der Waals surface area (Å²) in [5.74, 6) is 0.0395. The predicted octanol–water partition coefficient (Wildman–Crippen LogP) is 3.45. The molecule has 0 spiro atoms. The highest BCUT2D eigenvalue weighted by atomic mass is 16.6. The summed E-state index contributed by atoms with van der Waals surface area (Å²) in [5, 5.41) is 21.3. The van der Waals surface area contributed by atoms with E-state index in [1.807, 2.05) is 19.1 Å². The number of hydrogen-bond donors (Lipinski definition) is 2. The largest absolute Gasteiger partial charge is 0.505 e. The number of phenolic OH excluding ortho intramolecular Hbond substituents is 1. The van der Waals surface area contributed by atoms with Gasteiger partial charge in [-0.25, -0.2) is 4.79 Å². The monoisotopic (exact) mass is 346 g/mol. The average Bonchev–Trinajstić information content (AvgIpc) is 2.55. The minimum absolute atomic E-state index is 0.0395. The summed E-state index contributed by atoms with van der Waals surface area (Å²) in [7, 11) is 0. The van der Waals surface area contributed by atoms with E-state index in [4.69, 9.17) is 4.74 Å². The second-order valence-electron chi connectivity index (χ2n) is 7.07. The van der Waals surface area contributed by atoms with E-state index in [-0.39, 0.29) is 18.8 Å². The van der Waals surface area contributed by atoms with E-state index in [1.165, 1.54) is 4.90 Å². The van der Waals surface area contributed by atoms with E-state index in [2.05, 4.69) is 4.98 Å². The van der Waals surface area contributed by atoms with E-state index >= 15 is 0 Å². The number of fused-ring (bicyclic) bond motifs is 1. The number of aromatic nitrogens is 1. The number of ether oxygens (including phenoxy) is 1. The van der Waals surface area contributed by atoms with Crippen LogP contribution in [0, 0.1) is 0 Å². The maximum atomic E-state index is 12.5. The highest BCUT2D eigenvalue weighted by molar-refractivity contribution is 5.85. The molecular formula is C19H26N2O4. The fourth-order valence-electron chi connectivity index (χ4n) is 2.42. The van der Waals surface area contributed by atoms with Gasteiger partial charge in [-0.2, -0.15) is 0 Å². The Hall–Kier alpha value is -2.34. The number of pyridine rings is 1. The van der Waals surface area contributed by atoms with Crippen molar-refractivity contribution < 1.29 is 19.7 Å². The molecule has 0 saturated heterocycles. The van der Waals surface area contributed by atoms with Crippen molar-refractivity contribution in [2.24, 2.45) is 0 Å². The molecule has 0 aliphatic heterocycles. The van der Waals surface area contributed by atoms with Gasteiger partial charge in [0.15, 0.2) is 0 Å². The molecule has 1 unspecified atom stereocenters. The van der Waals surface area contributed by atoms with Crippen LogP contribution in [0.15, 0.2) is 30.5 Å². The molecule has 2 rings (SSSR count). The van der Waals surface area contributed by atoms with Crippen LogP contribution in [0.25, 0.3) is 10.9 Å². The van der Waals surface area contributed by atoms with Crippen molar-refractivity contribution in [2.75, 3.05) is 6.54 Å². The van der Waals surface area contributed by atoms with Gasteiger partial charge in [-0.05, 0) is 33.3 Å². The molecule has 1 aromatic heterocycles. The van der Waals surface area contributed by atoms with Gasteiger partial charge >= 0.3 is 6.09 Å².